The van der Waals surface area contributed by atoms with Crippen LogP contribution in [-0.4, -0.2) is 37.3 Å². The Kier molecular flexibility index (Phi) is 4.57. The molecule has 1 aromatic carbocycles. The molecule has 0 unspecified atom stereocenters. The lowest BCUT2D eigenvalue weighted by Crippen LogP contribution is -2.37. The van der Waals surface area contributed by atoms with Crippen LogP contribution in [-0.2, 0) is 4.79 Å². The SMILES string of the molecule is Cc1nnc2c(SCC(=O)NC3CCCCC3)nc3ccccc3n12. The second kappa shape index (κ2) is 7.00. The number of hydrogen-bond donors (Lipinski definition) is 1. The highest BCUT2D eigenvalue weighted by atomic mass is 32.2. The number of aromatic nitrogens is 4. The standard InChI is InChI=1S/C18H21N5OS/c1-12-21-22-17-18(20-14-9-5-6-10-15(14)23(12)17)25-11-16(24)19-13-7-3-2-4-8-13/h5-6,9-10,13H,2-4,7-8,11H2,1H3,(H,19,24). The van der Waals surface area contributed by atoms with Crippen LogP contribution in [0.5, 0.6) is 0 Å². The van der Waals surface area contributed by atoms with E-state index in [2.05, 4.69) is 15.5 Å². The minimum absolute atomic E-state index is 0.0706. The number of para-hydroxylation sites is 2. The fraction of sp³-hybridized carbons (Fsp3) is 0.444. The van der Waals surface area contributed by atoms with E-state index >= 15 is 0 Å². The van der Waals surface area contributed by atoms with Crippen molar-refractivity contribution in [2.45, 2.75) is 50.1 Å². The van der Waals surface area contributed by atoms with E-state index in [0.717, 1.165) is 34.7 Å². The van der Waals surface area contributed by atoms with E-state index in [1.165, 1.54) is 31.0 Å². The third kappa shape index (κ3) is 3.33. The minimum Gasteiger partial charge on any atom is -0.353 e. The van der Waals surface area contributed by atoms with Gasteiger partial charge in [-0.1, -0.05) is 43.2 Å². The molecule has 0 radical (unpaired) electrons. The summed E-state index contributed by atoms with van der Waals surface area (Å²) in [4.78, 5) is 17.0. The van der Waals surface area contributed by atoms with Crippen LogP contribution >= 0.6 is 11.8 Å². The summed E-state index contributed by atoms with van der Waals surface area (Å²) in [5, 5.41) is 12.3. The zero-order chi connectivity index (χ0) is 17.2. The molecule has 1 aliphatic carbocycles. The van der Waals surface area contributed by atoms with Crippen molar-refractivity contribution in [1.82, 2.24) is 24.9 Å². The molecule has 0 bridgehead atoms. The van der Waals surface area contributed by atoms with Crippen molar-refractivity contribution in [2.75, 3.05) is 5.75 Å². The van der Waals surface area contributed by atoms with Gasteiger partial charge in [-0.25, -0.2) is 4.98 Å². The Hall–Kier alpha value is -2.15. The molecule has 6 nitrogen and oxygen atoms in total. The Labute approximate surface area is 150 Å². The number of hydrogen-bond acceptors (Lipinski definition) is 5. The highest BCUT2D eigenvalue weighted by molar-refractivity contribution is 8.00. The molecule has 1 amide bonds. The van der Waals surface area contributed by atoms with E-state index in [1.54, 1.807) is 0 Å². The van der Waals surface area contributed by atoms with E-state index < -0.39 is 0 Å². The Bertz CT molecular complexity index is 916. The smallest absolute Gasteiger partial charge is 0.230 e. The number of nitrogens with zero attached hydrogens (tertiary/aromatic N) is 4. The van der Waals surface area contributed by atoms with Crippen LogP contribution in [0.2, 0.25) is 0 Å². The number of amides is 1. The van der Waals surface area contributed by atoms with Crippen molar-refractivity contribution in [3.63, 3.8) is 0 Å². The Morgan fingerprint density at radius 2 is 2.04 bits per heavy atom. The lowest BCUT2D eigenvalue weighted by Gasteiger charge is -2.22. The van der Waals surface area contributed by atoms with Crippen molar-refractivity contribution in [2.24, 2.45) is 0 Å². The molecule has 3 aromatic rings. The van der Waals surface area contributed by atoms with Crippen LogP contribution in [0.4, 0.5) is 0 Å². The first-order chi connectivity index (χ1) is 12.2. The maximum atomic E-state index is 12.3. The Balaban J connectivity index is 1.55. The maximum absolute atomic E-state index is 12.3. The van der Waals surface area contributed by atoms with Crippen LogP contribution < -0.4 is 5.32 Å². The highest BCUT2D eigenvalue weighted by Crippen LogP contribution is 2.25. The van der Waals surface area contributed by atoms with Crippen molar-refractivity contribution >= 4 is 34.3 Å². The first-order valence-electron chi connectivity index (χ1n) is 8.75. The van der Waals surface area contributed by atoms with Gasteiger partial charge in [0.15, 0.2) is 5.65 Å². The van der Waals surface area contributed by atoms with Gasteiger partial charge in [0.25, 0.3) is 0 Å². The number of carbonyl (C=O) groups is 1. The number of nitrogens with one attached hydrogen (secondary N) is 1. The summed E-state index contributed by atoms with van der Waals surface area (Å²) < 4.78 is 2.00. The first-order valence-corrected chi connectivity index (χ1v) is 9.73. The molecule has 0 atom stereocenters. The summed E-state index contributed by atoms with van der Waals surface area (Å²) in [5.41, 5.74) is 2.58. The summed E-state index contributed by atoms with van der Waals surface area (Å²) in [6.07, 6.45) is 5.90. The van der Waals surface area contributed by atoms with E-state index in [4.69, 9.17) is 4.98 Å². The maximum Gasteiger partial charge on any atom is 0.230 e. The van der Waals surface area contributed by atoms with Crippen molar-refractivity contribution in [3.8, 4) is 0 Å². The van der Waals surface area contributed by atoms with Gasteiger partial charge in [0.1, 0.15) is 10.9 Å². The number of fused-ring (bicyclic) bond motifs is 3. The molecule has 1 fully saturated rings. The van der Waals surface area contributed by atoms with Gasteiger partial charge in [-0.15, -0.1) is 10.2 Å². The van der Waals surface area contributed by atoms with Crippen LogP contribution in [0.25, 0.3) is 16.7 Å². The first kappa shape index (κ1) is 16.3. The third-order valence-electron chi connectivity index (χ3n) is 4.67. The largest absolute Gasteiger partial charge is 0.353 e. The summed E-state index contributed by atoms with van der Waals surface area (Å²) >= 11 is 1.43. The fourth-order valence-corrected chi connectivity index (χ4v) is 4.22. The second-order valence-corrected chi connectivity index (χ2v) is 7.47. The summed E-state index contributed by atoms with van der Waals surface area (Å²) in [5.74, 6) is 1.24. The molecule has 130 valence electrons. The van der Waals surface area contributed by atoms with E-state index in [1.807, 2.05) is 35.6 Å². The van der Waals surface area contributed by atoms with Gasteiger partial charge in [0.05, 0.1) is 16.8 Å². The van der Waals surface area contributed by atoms with Crippen LogP contribution in [0.1, 0.15) is 37.9 Å². The Morgan fingerprint density at radius 1 is 1.24 bits per heavy atom. The fourth-order valence-electron chi connectivity index (χ4n) is 3.44. The molecule has 0 spiro atoms. The normalized spacial score (nSPS) is 15.7. The zero-order valence-corrected chi connectivity index (χ0v) is 15.1. The number of aryl methyl sites for hydroxylation is 1. The molecule has 1 aliphatic rings. The van der Waals surface area contributed by atoms with Crippen molar-refractivity contribution < 1.29 is 4.79 Å². The topological polar surface area (TPSA) is 72.2 Å². The van der Waals surface area contributed by atoms with Crippen LogP contribution in [0.3, 0.4) is 0 Å². The van der Waals surface area contributed by atoms with E-state index in [0.29, 0.717) is 17.4 Å². The van der Waals surface area contributed by atoms with Gasteiger partial charge in [-0.05, 0) is 31.9 Å². The Morgan fingerprint density at radius 3 is 2.88 bits per heavy atom. The minimum atomic E-state index is 0.0706. The lowest BCUT2D eigenvalue weighted by atomic mass is 9.95. The number of carbonyl (C=O) groups excluding carboxylic acids is 1. The molecule has 1 N–H and O–H groups in total. The zero-order valence-electron chi connectivity index (χ0n) is 14.2. The van der Waals surface area contributed by atoms with Crippen LogP contribution in [0.15, 0.2) is 29.3 Å². The average Bonchev–Trinajstić information content (AvgIpc) is 3.03. The molecule has 25 heavy (non-hydrogen) atoms. The molecular weight excluding hydrogens is 334 g/mol. The molecule has 2 aromatic heterocycles. The lowest BCUT2D eigenvalue weighted by molar-refractivity contribution is -0.119. The number of thioether (sulfide) groups is 1. The molecule has 1 saturated carbocycles. The molecule has 2 heterocycles. The molecule has 7 heteroatoms. The monoisotopic (exact) mass is 355 g/mol. The predicted molar refractivity (Wildman–Crippen MR) is 98.8 cm³/mol. The van der Waals surface area contributed by atoms with Crippen LogP contribution in [0, 0.1) is 6.92 Å². The van der Waals surface area contributed by atoms with Gasteiger partial charge in [-0.2, -0.15) is 0 Å². The van der Waals surface area contributed by atoms with Gasteiger partial charge < -0.3 is 5.32 Å². The number of benzene rings is 1. The van der Waals surface area contributed by atoms with Crippen molar-refractivity contribution in [3.05, 3.63) is 30.1 Å². The molecule has 0 aliphatic heterocycles. The summed E-state index contributed by atoms with van der Waals surface area (Å²) in [6, 6.07) is 8.26. The molecule has 0 saturated heterocycles. The van der Waals surface area contributed by atoms with Crippen molar-refractivity contribution in [1.29, 1.82) is 0 Å². The van der Waals surface area contributed by atoms with Gasteiger partial charge in [-0.3, -0.25) is 9.20 Å². The average molecular weight is 355 g/mol. The predicted octanol–water partition coefficient (Wildman–Crippen LogP) is 3.13. The van der Waals surface area contributed by atoms with Gasteiger partial charge in [0, 0.05) is 6.04 Å². The second-order valence-electron chi connectivity index (χ2n) is 6.50. The molecule has 4 rings (SSSR count). The molecular formula is C18H21N5OS. The highest BCUT2D eigenvalue weighted by Gasteiger charge is 2.18. The van der Waals surface area contributed by atoms with Gasteiger partial charge in [0.2, 0.25) is 5.91 Å². The number of rotatable bonds is 4. The summed E-state index contributed by atoms with van der Waals surface area (Å²) in [6.45, 7) is 1.93. The van der Waals surface area contributed by atoms with Gasteiger partial charge >= 0.3 is 0 Å². The quantitative estimate of drug-likeness (QED) is 0.728. The van der Waals surface area contributed by atoms with E-state index in [9.17, 15) is 4.79 Å². The summed E-state index contributed by atoms with van der Waals surface area (Å²) in [7, 11) is 0. The third-order valence-corrected chi connectivity index (χ3v) is 5.62. The van der Waals surface area contributed by atoms with E-state index in [-0.39, 0.29) is 5.91 Å².